The van der Waals surface area contributed by atoms with Gasteiger partial charge in [0.1, 0.15) is 12.0 Å². The summed E-state index contributed by atoms with van der Waals surface area (Å²) in [6, 6.07) is 9.05. The second kappa shape index (κ2) is 4.48. The molecule has 1 aromatic carbocycles. The molecule has 1 aromatic rings. The molecule has 4 rings (SSSR count). The number of para-hydroxylation sites is 1. The van der Waals surface area contributed by atoms with Crippen molar-refractivity contribution >= 4 is 6.09 Å². The van der Waals surface area contributed by atoms with Gasteiger partial charge in [0, 0.05) is 12.5 Å². The van der Waals surface area contributed by atoms with Crippen LogP contribution in [0.5, 0.6) is 5.75 Å². The molecule has 0 radical (unpaired) electrons. The predicted octanol–water partition coefficient (Wildman–Crippen LogP) is 2.48. The van der Waals surface area contributed by atoms with E-state index in [1.54, 1.807) is 12.1 Å². The lowest BCUT2D eigenvalue weighted by Crippen LogP contribution is -2.40. The maximum Gasteiger partial charge on any atom is 0.417 e. The summed E-state index contributed by atoms with van der Waals surface area (Å²) < 4.78 is 5.35. The van der Waals surface area contributed by atoms with Crippen molar-refractivity contribution in [3.05, 3.63) is 30.3 Å². The van der Waals surface area contributed by atoms with Gasteiger partial charge in [-0.1, -0.05) is 18.2 Å². The van der Waals surface area contributed by atoms with E-state index in [4.69, 9.17) is 4.74 Å². The van der Waals surface area contributed by atoms with Gasteiger partial charge in [0.15, 0.2) is 0 Å². The number of amides is 1. The number of fused-ring (bicyclic) bond motifs is 5. The van der Waals surface area contributed by atoms with Crippen LogP contribution in [0.3, 0.4) is 0 Å². The maximum atomic E-state index is 12.2. The van der Waals surface area contributed by atoms with Crippen LogP contribution >= 0.6 is 0 Å². The summed E-state index contributed by atoms with van der Waals surface area (Å²) >= 11 is 0. The quantitative estimate of drug-likeness (QED) is 0.855. The number of carbonyl (C=O) groups excluding carboxylic acids is 1. The Morgan fingerprint density at radius 3 is 2.70 bits per heavy atom. The third-order valence-corrected chi connectivity index (χ3v) is 5.41. The Hall–Kier alpha value is -1.55. The van der Waals surface area contributed by atoms with Gasteiger partial charge in [0.05, 0.1) is 0 Å². The normalized spacial score (nSPS) is 38.0. The van der Waals surface area contributed by atoms with Crippen molar-refractivity contribution in [3.63, 3.8) is 0 Å². The molecule has 4 heteroatoms. The molecule has 1 heterocycles. The predicted molar refractivity (Wildman–Crippen MR) is 73.0 cm³/mol. The first kappa shape index (κ1) is 12.2. The first-order valence-electron chi connectivity index (χ1n) is 7.45. The fourth-order valence-corrected chi connectivity index (χ4v) is 4.56. The van der Waals surface area contributed by atoms with Gasteiger partial charge in [0.2, 0.25) is 0 Å². The standard InChI is InChI=1S/C16H19NO3/c18-15-14-11-7-6-10(8-11)13(14)9-17(15)16(19)20-12-4-2-1-3-5-12/h1-5,10-11,13-15,18H,6-9H2/t10-,11+,13+,14-,15+/m0/s1. The molecule has 106 valence electrons. The van der Waals surface area contributed by atoms with Gasteiger partial charge in [0.25, 0.3) is 0 Å². The molecule has 3 aliphatic rings. The highest BCUT2D eigenvalue weighted by Gasteiger charge is 2.57. The Morgan fingerprint density at radius 1 is 1.20 bits per heavy atom. The Bertz CT molecular complexity index is 518. The van der Waals surface area contributed by atoms with Gasteiger partial charge in [-0.3, -0.25) is 4.90 Å². The molecular weight excluding hydrogens is 254 g/mol. The van der Waals surface area contributed by atoms with Crippen LogP contribution in [0.25, 0.3) is 0 Å². The minimum absolute atomic E-state index is 0.275. The summed E-state index contributed by atoms with van der Waals surface area (Å²) in [5, 5.41) is 10.5. The molecular formula is C16H19NO3. The lowest BCUT2D eigenvalue weighted by Gasteiger charge is -2.26. The topological polar surface area (TPSA) is 49.8 Å². The lowest BCUT2D eigenvalue weighted by molar-refractivity contribution is 0.00133. The Kier molecular flexibility index (Phi) is 2.74. The molecule has 2 saturated carbocycles. The summed E-state index contributed by atoms with van der Waals surface area (Å²) in [6.45, 7) is 0.651. The van der Waals surface area contributed by atoms with Crippen LogP contribution in [0.4, 0.5) is 4.79 Å². The molecule has 4 nitrogen and oxygen atoms in total. The van der Waals surface area contributed by atoms with Gasteiger partial charge < -0.3 is 9.84 Å². The maximum absolute atomic E-state index is 12.2. The van der Waals surface area contributed by atoms with Gasteiger partial charge in [-0.25, -0.2) is 4.79 Å². The largest absolute Gasteiger partial charge is 0.417 e. The minimum atomic E-state index is -0.661. The monoisotopic (exact) mass is 273 g/mol. The zero-order valence-electron chi connectivity index (χ0n) is 11.3. The molecule has 3 fully saturated rings. The van der Waals surface area contributed by atoms with E-state index in [0.29, 0.717) is 30.0 Å². The number of rotatable bonds is 1. The Labute approximate surface area is 118 Å². The number of nitrogens with zero attached hydrogens (tertiary/aromatic N) is 1. The molecule has 0 spiro atoms. The van der Waals surface area contributed by atoms with Crippen LogP contribution in [-0.4, -0.2) is 28.9 Å². The average molecular weight is 273 g/mol. The molecule has 2 aliphatic carbocycles. The molecule has 1 amide bonds. The van der Waals surface area contributed by atoms with E-state index in [-0.39, 0.29) is 5.92 Å². The fraction of sp³-hybridized carbons (Fsp3) is 0.562. The van der Waals surface area contributed by atoms with E-state index in [2.05, 4.69) is 0 Å². The highest BCUT2D eigenvalue weighted by molar-refractivity contribution is 5.71. The van der Waals surface area contributed by atoms with Gasteiger partial charge >= 0.3 is 6.09 Å². The smallest absolute Gasteiger partial charge is 0.410 e. The SMILES string of the molecule is O=C(Oc1ccccc1)N1C[C@@H]2[C@H]3CC[C@H](C3)[C@@H]2[C@H]1O. The van der Waals surface area contributed by atoms with E-state index < -0.39 is 12.3 Å². The van der Waals surface area contributed by atoms with Gasteiger partial charge in [-0.05, 0) is 49.1 Å². The molecule has 2 bridgehead atoms. The molecule has 0 aromatic heterocycles. The third-order valence-electron chi connectivity index (χ3n) is 5.41. The average Bonchev–Trinajstić information content (AvgIpc) is 3.13. The molecule has 0 unspecified atom stereocenters. The van der Waals surface area contributed by atoms with Crippen molar-refractivity contribution in [2.45, 2.75) is 25.5 Å². The van der Waals surface area contributed by atoms with Crippen LogP contribution < -0.4 is 4.74 Å². The number of carbonyl (C=O) groups is 1. The van der Waals surface area contributed by atoms with Crippen molar-refractivity contribution < 1.29 is 14.6 Å². The van der Waals surface area contributed by atoms with E-state index in [0.717, 1.165) is 0 Å². The number of benzene rings is 1. The third kappa shape index (κ3) is 1.74. The first-order chi connectivity index (χ1) is 9.74. The van der Waals surface area contributed by atoms with Crippen molar-refractivity contribution in [3.8, 4) is 5.75 Å². The van der Waals surface area contributed by atoms with E-state index in [1.807, 2.05) is 18.2 Å². The van der Waals surface area contributed by atoms with Gasteiger partial charge in [-0.15, -0.1) is 0 Å². The Balaban J connectivity index is 1.48. The Morgan fingerprint density at radius 2 is 1.95 bits per heavy atom. The highest BCUT2D eigenvalue weighted by atomic mass is 16.6. The fourth-order valence-electron chi connectivity index (χ4n) is 4.56. The molecule has 20 heavy (non-hydrogen) atoms. The highest BCUT2D eigenvalue weighted by Crippen LogP contribution is 2.56. The van der Waals surface area contributed by atoms with Crippen molar-refractivity contribution in [2.24, 2.45) is 23.7 Å². The number of hydrogen-bond acceptors (Lipinski definition) is 3. The van der Waals surface area contributed by atoms with Crippen LogP contribution in [0.1, 0.15) is 19.3 Å². The van der Waals surface area contributed by atoms with Crippen LogP contribution in [0.2, 0.25) is 0 Å². The van der Waals surface area contributed by atoms with E-state index in [1.165, 1.54) is 24.2 Å². The van der Waals surface area contributed by atoms with Crippen LogP contribution in [0.15, 0.2) is 30.3 Å². The van der Waals surface area contributed by atoms with Crippen molar-refractivity contribution in [1.29, 1.82) is 0 Å². The second-order valence-corrected chi connectivity index (χ2v) is 6.32. The molecule has 1 N–H and O–H groups in total. The minimum Gasteiger partial charge on any atom is -0.410 e. The van der Waals surface area contributed by atoms with Crippen LogP contribution in [0, 0.1) is 23.7 Å². The summed E-state index contributed by atoms with van der Waals surface area (Å²) in [7, 11) is 0. The summed E-state index contributed by atoms with van der Waals surface area (Å²) in [5.41, 5.74) is 0. The number of hydrogen-bond donors (Lipinski definition) is 1. The zero-order valence-corrected chi connectivity index (χ0v) is 11.3. The summed E-state index contributed by atoms with van der Waals surface area (Å²) in [5.74, 6) is 2.59. The number of aliphatic hydroxyl groups excluding tert-OH is 1. The van der Waals surface area contributed by atoms with Crippen LogP contribution in [-0.2, 0) is 0 Å². The van der Waals surface area contributed by atoms with Gasteiger partial charge in [-0.2, -0.15) is 0 Å². The zero-order chi connectivity index (χ0) is 13.7. The lowest BCUT2D eigenvalue weighted by atomic mass is 9.81. The summed E-state index contributed by atoms with van der Waals surface area (Å²) in [4.78, 5) is 13.8. The molecule has 1 saturated heterocycles. The van der Waals surface area contributed by atoms with Crippen molar-refractivity contribution in [1.82, 2.24) is 4.90 Å². The number of aliphatic hydroxyl groups is 1. The van der Waals surface area contributed by atoms with E-state index in [9.17, 15) is 9.90 Å². The molecule has 1 aliphatic heterocycles. The first-order valence-corrected chi connectivity index (χ1v) is 7.45. The number of ether oxygens (including phenoxy) is 1. The second-order valence-electron chi connectivity index (χ2n) is 6.32. The number of likely N-dealkylation sites (tertiary alicyclic amines) is 1. The molecule has 5 atom stereocenters. The summed E-state index contributed by atoms with van der Waals surface area (Å²) in [6.07, 6.45) is 2.64. The van der Waals surface area contributed by atoms with Crippen molar-refractivity contribution in [2.75, 3.05) is 6.54 Å². The van der Waals surface area contributed by atoms with E-state index >= 15 is 0 Å².